The van der Waals surface area contributed by atoms with Crippen molar-refractivity contribution in [3.63, 3.8) is 0 Å². The van der Waals surface area contributed by atoms with Gasteiger partial charge >= 0.3 is 0 Å². The van der Waals surface area contributed by atoms with E-state index in [9.17, 15) is 0 Å². The van der Waals surface area contributed by atoms with Crippen molar-refractivity contribution in [1.82, 2.24) is 10.2 Å². The van der Waals surface area contributed by atoms with Crippen molar-refractivity contribution in [2.45, 2.75) is 57.5 Å². The summed E-state index contributed by atoms with van der Waals surface area (Å²) in [7, 11) is 1.81. The van der Waals surface area contributed by atoms with Crippen molar-refractivity contribution in [1.29, 1.82) is 0 Å². The van der Waals surface area contributed by atoms with Gasteiger partial charge in [0.1, 0.15) is 0 Å². The maximum absolute atomic E-state index is 5.29. The molecule has 0 aromatic rings. The number of methoxy groups -OCH3 is 1. The lowest BCUT2D eigenvalue weighted by Crippen LogP contribution is -2.46. The van der Waals surface area contributed by atoms with Crippen molar-refractivity contribution in [3.8, 4) is 0 Å². The molecule has 18 heavy (non-hydrogen) atoms. The van der Waals surface area contributed by atoms with Crippen LogP contribution in [0.25, 0.3) is 0 Å². The molecule has 3 nitrogen and oxygen atoms in total. The highest BCUT2D eigenvalue weighted by Gasteiger charge is 2.27. The van der Waals surface area contributed by atoms with Crippen LogP contribution in [0.15, 0.2) is 0 Å². The Morgan fingerprint density at radius 2 is 2.11 bits per heavy atom. The van der Waals surface area contributed by atoms with Crippen molar-refractivity contribution >= 4 is 0 Å². The quantitative estimate of drug-likeness (QED) is 0.787. The molecule has 2 aliphatic rings. The average molecular weight is 254 g/mol. The number of rotatable bonds is 6. The third-order valence-corrected chi connectivity index (χ3v) is 4.63. The summed E-state index contributed by atoms with van der Waals surface area (Å²) in [5, 5.41) is 3.63. The summed E-state index contributed by atoms with van der Waals surface area (Å²) in [5.41, 5.74) is 0. The van der Waals surface area contributed by atoms with Gasteiger partial charge in [0.05, 0.1) is 6.61 Å². The molecule has 1 aliphatic heterocycles. The van der Waals surface area contributed by atoms with Gasteiger partial charge in [-0.15, -0.1) is 0 Å². The maximum Gasteiger partial charge on any atom is 0.0589 e. The average Bonchev–Trinajstić information content (AvgIpc) is 2.87. The predicted octanol–water partition coefficient (Wildman–Crippen LogP) is 2.27. The lowest BCUT2D eigenvalue weighted by atomic mass is 9.86. The second kappa shape index (κ2) is 7.46. The predicted molar refractivity (Wildman–Crippen MR) is 75.9 cm³/mol. The fourth-order valence-electron chi connectivity index (χ4n) is 3.56. The topological polar surface area (TPSA) is 24.5 Å². The monoisotopic (exact) mass is 254 g/mol. The summed E-state index contributed by atoms with van der Waals surface area (Å²) in [6.07, 6.45) is 8.32. The Morgan fingerprint density at radius 3 is 2.78 bits per heavy atom. The van der Waals surface area contributed by atoms with Crippen LogP contribution in [0.2, 0.25) is 0 Å². The van der Waals surface area contributed by atoms with E-state index in [0.717, 1.165) is 31.2 Å². The summed E-state index contributed by atoms with van der Waals surface area (Å²) in [4.78, 5) is 2.70. The maximum atomic E-state index is 5.29. The van der Waals surface area contributed by atoms with Gasteiger partial charge in [0.2, 0.25) is 0 Å². The normalized spacial score (nSPS) is 33.2. The molecule has 2 fully saturated rings. The zero-order chi connectivity index (χ0) is 12.8. The number of ether oxygens (including phenoxy) is 1. The van der Waals surface area contributed by atoms with Gasteiger partial charge in [0.25, 0.3) is 0 Å². The number of hydrogen-bond donors (Lipinski definition) is 1. The Labute approximate surface area is 112 Å². The summed E-state index contributed by atoms with van der Waals surface area (Å²) in [6, 6.07) is 1.52. The molecule has 1 N–H and O–H groups in total. The molecular weight excluding hydrogens is 224 g/mol. The second-order valence-electron chi connectivity index (χ2n) is 6.21. The zero-order valence-electron chi connectivity index (χ0n) is 12.2. The van der Waals surface area contributed by atoms with Crippen LogP contribution in [0.5, 0.6) is 0 Å². The Morgan fingerprint density at radius 1 is 1.22 bits per heavy atom. The fourth-order valence-corrected chi connectivity index (χ4v) is 3.56. The van der Waals surface area contributed by atoms with Gasteiger partial charge in [0.15, 0.2) is 0 Å². The van der Waals surface area contributed by atoms with Crippen molar-refractivity contribution < 1.29 is 4.74 Å². The SMILES string of the molecule is COCCN(CC1CCCN1)C1CCCC(C)C1. The molecule has 0 amide bonds. The van der Waals surface area contributed by atoms with Gasteiger partial charge < -0.3 is 10.1 Å². The molecule has 1 saturated heterocycles. The smallest absolute Gasteiger partial charge is 0.0589 e. The van der Waals surface area contributed by atoms with E-state index >= 15 is 0 Å². The molecule has 0 radical (unpaired) electrons. The minimum atomic E-state index is 0.721. The second-order valence-corrected chi connectivity index (χ2v) is 6.21. The van der Waals surface area contributed by atoms with Crippen LogP contribution in [0.3, 0.4) is 0 Å². The molecule has 1 heterocycles. The van der Waals surface area contributed by atoms with Crippen LogP contribution in [-0.4, -0.2) is 50.3 Å². The third kappa shape index (κ3) is 4.22. The number of nitrogens with zero attached hydrogens (tertiary/aromatic N) is 1. The molecule has 0 spiro atoms. The highest BCUT2D eigenvalue weighted by Crippen LogP contribution is 2.27. The van der Waals surface area contributed by atoms with E-state index < -0.39 is 0 Å². The molecule has 0 aromatic heterocycles. The molecule has 1 saturated carbocycles. The van der Waals surface area contributed by atoms with Crippen LogP contribution in [0, 0.1) is 5.92 Å². The van der Waals surface area contributed by atoms with E-state index in [4.69, 9.17) is 4.74 Å². The van der Waals surface area contributed by atoms with Crippen molar-refractivity contribution in [2.24, 2.45) is 5.92 Å². The van der Waals surface area contributed by atoms with Gasteiger partial charge in [-0.1, -0.05) is 19.8 Å². The Kier molecular flexibility index (Phi) is 5.93. The van der Waals surface area contributed by atoms with E-state index in [1.165, 1.54) is 51.6 Å². The Balaban J connectivity index is 1.85. The minimum Gasteiger partial charge on any atom is -0.383 e. The molecular formula is C15H30N2O. The van der Waals surface area contributed by atoms with Gasteiger partial charge in [-0.05, 0) is 38.1 Å². The number of nitrogens with one attached hydrogen (secondary N) is 1. The summed E-state index contributed by atoms with van der Waals surface area (Å²) < 4.78 is 5.29. The molecule has 1 aliphatic carbocycles. The summed E-state index contributed by atoms with van der Waals surface area (Å²) >= 11 is 0. The molecule has 3 heteroatoms. The molecule has 0 bridgehead atoms. The first kappa shape index (κ1) is 14.3. The molecule has 3 atom stereocenters. The minimum absolute atomic E-state index is 0.721. The highest BCUT2D eigenvalue weighted by atomic mass is 16.5. The number of hydrogen-bond acceptors (Lipinski definition) is 3. The van der Waals surface area contributed by atoms with E-state index in [-0.39, 0.29) is 0 Å². The standard InChI is InChI=1S/C15H30N2O/c1-13-5-3-7-15(11-13)17(9-10-18-2)12-14-6-4-8-16-14/h13-16H,3-12H2,1-2H3. The largest absolute Gasteiger partial charge is 0.383 e. The fraction of sp³-hybridized carbons (Fsp3) is 1.00. The first-order valence-corrected chi connectivity index (χ1v) is 7.76. The van der Waals surface area contributed by atoms with Crippen LogP contribution in [0.4, 0.5) is 0 Å². The molecule has 0 aromatic carbocycles. The first-order chi connectivity index (χ1) is 8.79. The molecule has 2 rings (SSSR count). The summed E-state index contributed by atoms with van der Waals surface area (Å²) in [5.74, 6) is 0.908. The van der Waals surface area contributed by atoms with E-state index in [2.05, 4.69) is 17.1 Å². The zero-order valence-corrected chi connectivity index (χ0v) is 12.2. The highest BCUT2D eigenvalue weighted by molar-refractivity contribution is 4.84. The Hall–Kier alpha value is -0.120. The van der Waals surface area contributed by atoms with Crippen LogP contribution >= 0.6 is 0 Å². The molecule has 3 unspecified atom stereocenters. The van der Waals surface area contributed by atoms with Crippen LogP contribution in [0.1, 0.15) is 45.4 Å². The van der Waals surface area contributed by atoms with E-state index in [1.807, 2.05) is 7.11 Å². The van der Waals surface area contributed by atoms with Crippen molar-refractivity contribution in [3.05, 3.63) is 0 Å². The Bertz CT molecular complexity index is 229. The van der Waals surface area contributed by atoms with Crippen LogP contribution in [-0.2, 0) is 4.74 Å². The lowest BCUT2D eigenvalue weighted by molar-refractivity contribution is 0.0848. The van der Waals surface area contributed by atoms with E-state index in [1.54, 1.807) is 0 Å². The van der Waals surface area contributed by atoms with Crippen LogP contribution < -0.4 is 5.32 Å². The summed E-state index contributed by atoms with van der Waals surface area (Å²) in [6.45, 7) is 6.82. The molecule has 106 valence electrons. The van der Waals surface area contributed by atoms with Gasteiger partial charge in [-0.2, -0.15) is 0 Å². The lowest BCUT2D eigenvalue weighted by Gasteiger charge is -2.38. The van der Waals surface area contributed by atoms with Gasteiger partial charge in [0, 0.05) is 32.3 Å². The first-order valence-electron chi connectivity index (χ1n) is 7.76. The third-order valence-electron chi connectivity index (χ3n) is 4.63. The van der Waals surface area contributed by atoms with Gasteiger partial charge in [-0.3, -0.25) is 4.90 Å². The van der Waals surface area contributed by atoms with Gasteiger partial charge in [-0.25, -0.2) is 0 Å². The van der Waals surface area contributed by atoms with E-state index in [0.29, 0.717) is 0 Å². The van der Waals surface area contributed by atoms with Crippen molar-refractivity contribution in [2.75, 3.05) is 33.4 Å².